The molecule has 2 aliphatic heterocycles. The standard InChI is InChI=1S/C25H30N4O3S.C2H6O/c1-16-13-19(33-26)14-17(2)20(16)5-7-29-24(23-6-10-32-23)27-22-15-18(3-4-21(22)25(29)30)28-8-11-31-12-9-28;1-3-2/h3-4,13-15,23H,5-12,26H2,1-2H3;1-2H3. The van der Waals surface area contributed by atoms with Gasteiger partial charge in [0.25, 0.3) is 5.56 Å². The van der Waals surface area contributed by atoms with Gasteiger partial charge in [0.05, 0.1) is 30.7 Å². The Hall–Kier alpha value is -2.43. The number of anilines is 1. The highest BCUT2D eigenvalue weighted by Gasteiger charge is 2.27. The molecule has 2 saturated heterocycles. The Morgan fingerprint density at radius 3 is 2.36 bits per heavy atom. The average molecular weight is 513 g/mol. The van der Waals surface area contributed by atoms with Crippen LogP contribution in [-0.4, -0.2) is 56.7 Å². The number of rotatable bonds is 6. The van der Waals surface area contributed by atoms with Crippen molar-refractivity contribution in [3.8, 4) is 0 Å². The van der Waals surface area contributed by atoms with Gasteiger partial charge in [-0.1, -0.05) is 0 Å². The Kier molecular flexibility index (Phi) is 9.03. The quantitative estimate of drug-likeness (QED) is 0.499. The predicted octanol–water partition coefficient (Wildman–Crippen LogP) is 3.78. The Morgan fingerprint density at radius 2 is 1.78 bits per heavy atom. The molecule has 1 unspecified atom stereocenters. The van der Waals surface area contributed by atoms with Crippen molar-refractivity contribution in [3.63, 3.8) is 0 Å². The van der Waals surface area contributed by atoms with Crippen molar-refractivity contribution < 1.29 is 14.2 Å². The average Bonchev–Trinajstić information content (AvgIpc) is 2.84. The van der Waals surface area contributed by atoms with Crippen LogP contribution in [-0.2, 0) is 27.2 Å². The Morgan fingerprint density at radius 1 is 1.11 bits per heavy atom. The van der Waals surface area contributed by atoms with E-state index in [2.05, 4.69) is 35.6 Å². The van der Waals surface area contributed by atoms with E-state index in [1.807, 2.05) is 22.8 Å². The third-order valence-electron chi connectivity index (χ3n) is 6.72. The monoisotopic (exact) mass is 512 g/mol. The summed E-state index contributed by atoms with van der Waals surface area (Å²) in [5.41, 5.74) is 5.47. The number of aryl methyl sites for hydroxylation is 2. The molecule has 0 aliphatic carbocycles. The highest BCUT2D eigenvalue weighted by molar-refractivity contribution is 7.97. The number of aromatic nitrogens is 2. The van der Waals surface area contributed by atoms with Crippen molar-refractivity contribution in [1.82, 2.24) is 9.55 Å². The van der Waals surface area contributed by atoms with E-state index in [1.165, 1.54) is 28.6 Å². The lowest BCUT2D eigenvalue weighted by molar-refractivity contribution is -0.0604. The van der Waals surface area contributed by atoms with Gasteiger partial charge in [0.1, 0.15) is 11.9 Å². The number of nitrogens with two attached hydrogens (primary N) is 1. The summed E-state index contributed by atoms with van der Waals surface area (Å²) in [6.07, 6.45) is 1.53. The molecule has 0 bridgehead atoms. The molecule has 2 fully saturated rings. The van der Waals surface area contributed by atoms with E-state index >= 15 is 0 Å². The van der Waals surface area contributed by atoms with Crippen molar-refractivity contribution in [2.75, 3.05) is 52.0 Å². The molecule has 8 nitrogen and oxygen atoms in total. The number of morpholine rings is 1. The Balaban J connectivity index is 0.000000967. The van der Waals surface area contributed by atoms with Crippen LogP contribution in [0, 0.1) is 13.8 Å². The van der Waals surface area contributed by atoms with Crippen LogP contribution in [0.4, 0.5) is 5.69 Å². The first kappa shape index (κ1) is 26.6. The molecule has 2 aromatic carbocycles. The highest BCUT2D eigenvalue weighted by Crippen LogP contribution is 2.30. The van der Waals surface area contributed by atoms with Crippen molar-refractivity contribution in [3.05, 3.63) is 63.2 Å². The van der Waals surface area contributed by atoms with Crippen LogP contribution in [0.2, 0.25) is 0 Å². The molecule has 2 N–H and O–H groups in total. The number of hydrogen-bond acceptors (Lipinski definition) is 8. The molecule has 1 atom stereocenters. The van der Waals surface area contributed by atoms with Gasteiger partial charge in [-0.05, 0) is 79.2 Å². The van der Waals surface area contributed by atoms with Crippen molar-refractivity contribution in [2.45, 2.75) is 44.2 Å². The molecule has 0 spiro atoms. The zero-order chi connectivity index (χ0) is 25.7. The van der Waals surface area contributed by atoms with E-state index in [0.717, 1.165) is 61.1 Å². The lowest BCUT2D eigenvalue weighted by Gasteiger charge is -2.30. The second-order valence-electron chi connectivity index (χ2n) is 9.19. The van der Waals surface area contributed by atoms with Gasteiger partial charge in [-0.3, -0.25) is 14.5 Å². The molecule has 1 aromatic heterocycles. The summed E-state index contributed by atoms with van der Waals surface area (Å²) < 4.78 is 17.3. The molecule has 9 heteroatoms. The smallest absolute Gasteiger partial charge is 0.261 e. The second-order valence-corrected chi connectivity index (χ2v) is 9.89. The topological polar surface area (TPSA) is 91.8 Å². The van der Waals surface area contributed by atoms with Gasteiger partial charge < -0.3 is 19.1 Å². The minimum Gasteiger partial charge on any atom is -0.388 e. The summed E-state index contributed by atoms with van der Waals surface area (Å²) in [7, 11) is 3.25. The molecule has 0 amide bonds. The number of fused-ring (bicyclic) bond motifs is 1. The zero-order valence-corrected chi connectivity index (χ0v) is 22.4. The molecule has 3 aromatic rings. The Bertz CT molecular complexity index is 1230. The number of methoxy groups -OCH3 is 1. The van der Waals surface area contributed by atoms with Gasteiger partial charge in [0, 0.05) is 50.9 Å². The van der Waals surface area contributed by atoms with Gasteiger partial charge >= 0.3 is 0 Å². The fourth-order valence-corrected chi connectivity index (χ4v) is 5.28. The number of hydrogen-bond donors (Lipinski definition) is 1. The number of benzene rings is 2. The third kappa shape index (κ3) is 5.76. The van der Waals surface area contributed by atoms with Gasteiger partial charge in [0.2, 0.25) is 0 Å². The van der Waals surface area contributed by atoms with Crippen molar-refractivity contribution in [1.29, 1.82) is 0 Å². The highest BCUT2D eigenvalue weighted by atomic mass is 32.2. The lowest BCUT2D eigenvalue weighted by atomic mass is 10.00. The van der Waals surface area contributed by atoms with E-state index in [0.29, 0.717) is 18.5 Å². The van der Waals surface area contributed by atoms with Crippen LogP contribution >= 0.6 is 11.9 Å². The number of ether oxygens (including phenoxy) is 3. The van der Waals surface area contributed by atoms with Crippen LogP contribution in [0.5, 0.6) is 0 Å². The molecule has 194 valence electrons. The minimum atomic E-state index is -0.118. The van der Waals surface area contributed by atoms with Crippen molar-refractivity contribution in [2.24, 2.45) is 5.14 Å². The summed E-state index contributed by atoms with van der Waals surface area (Å²) in [5.74, 6) is 0.738. The van der Waals surface area contributed by atoms with E-state index in [9.17, 15) is 4.79 Å². The predicted molar refractivity (Wildman–Crippen MR) is 145 cm³/mol. The largest absolute Gasteiger partial charge is 0.388 e. The van der Waals surface area contributed by atoms with E-state index in [4.69, 9.17) is 19.6 Å². The first-order chi connectivity index (χ1) is 17.5. The van der Waals surface area contributed by atoms with Gasteiger partial charge in [0.15, 0.2) is 0 Å². The SMILES string of the molecule is COC.Cc1cc(SN)cc(C)c1CCn1c(C2CCO2)nc2cc(N3CCOCC3)ccc2c1=O. The molecule has 5 rings (SSSR count). The summed E-state index contributed by atoms with van der Waals surface area (Å²) in [6.45, 7) is 8.62. The third-order valence-corrected chi connectivity index (χ3v) is 7.23. The summed E-state index contributed by atoms with van der Waals surface area (Å²) in [5, 5.41) is 6.40. The fraction of sp³-hybridized carbons (Fsp3) is 0.481. The number of nitrogens with zero attached hydrogens (tertiary/aromatic N) is 3. The van der Waals surface area contributed by atoms with Gasteiger partial charge in [-0.2, -0.15) is 0 Å². The summed E-state index contributed by atoms with van der Waals surface area (Å²) in [6, 6.07) is 10.2. The van der Waals surface area contributed by atoms with Crippen LogP contribution in [0.3, 0.4) is 0 Å². The lowest BCUT2D eigenvalue weighted by Crippen LogP contribution is -2.36. The van der Waals surface area contributed by atoms with Crippen LogP contribution in [0.1, 0.15) is 35.0 Å². The molecular weight excluding hydrogens is 476 g/mol. The summed E-state index contributed by atoms with van der Waals surface area (Å²) in [4.78, 5) is 21.9. The van der Waals surface area contributed by atoms with Gasteiger partial charge in [-0.25, -0.2) is 4.98 Å². The van der Waals surface area contributed by atoms with E-state index < -0.39 is 0 Å². The first-order valence-electron chi connectivity index (χ1n) is 12.3. The van der Waals surface area contributed by atoms with Crippen molar-refractivity contribution >= 4 is 28.5 Å². The van der Waals surface area contributed by atoms with Crippen LogP contribution in [0.25, 0.3) is 10.9 Å². The maximum Gasteiger partial charge on any atom is 0.261 e. The minimum absolute atomic E-state index is 0.00321. The van der Waals surface area contributed by atoms with E-state index in [-0.39, 0.29) is 11.7 Å². The molecule has 2 aliphatic rings. The first-order valence-corrected chi connectivity index (χ1v) is 13.2. The van der Waals surface area contributed by atoms with Crippen LogP contribution in [0.15, 0.2) is 40.0 Å². The maximum absolute atomic E-state index is 13.6. The maximum atomic E-state index is 13.6. The van der Waals surface area contributed by atoms with Gasteiger partial charge in [-0.15, -0.1) is 0 Å². The molecular formula is C27H36N4O4S. The normalized spacial score (nSPS) is 17.5. The molecule has 0 radical (unpaired) electrons. The fourth-order valence-electron chi connectivity index (χ4n) is 4.79. The molecule has 36 heavy (non-hydrogen) atoms. The molecule has 3 heterocycles. The van der Waals surface area contributed by atoms with Crippen LogP contribution < -0.4 is 15.6 Å². The van der Waals surface area contributed by atoms with E-state index in [1.54, 1.807) is 14.2 Å². The second kappa shape index (κ2) is 12.2. The molecule has 0 saturated carbocycles. The zero-order valence-electron chi connectivity index (χ0n) is 21.6. The Labute approximate surface area is 216 Å². The summed E-state index contributed by atoms with van der Waals surface area (Å²) >= 11 is 1.26.